The molecular weight excluding hydrogens is 226 g/mol. The van der Waals surface area contributed by atoms with Gasteiger partial charge in [-0.1, -0.05) is 0 Å². The fraction of sp³-hybridized carbons (Fsp3) is 1.00. The van der Waals surface area contributed by atoms with Crippen LogP contribution in [0, 0.1) is 0 Å². The predicted molar refractivity (Wildman–Crippen MR) is 74.7 cm³/mol. The predicted octanol–water partition coefficient (Wildman–Crippen LogP) is 0.910. The van der Waals surface area contributed by atoms with Gasteiger partial charge in [-0.15, -0.1) is 0 Å². The molecule has 2 heterocycles. The average molecular weight is 255 g/mol. The molecule has 0 aliphatic carbocycles. The first-order chi connectivity index (χ1) is 8.66. The van der Waals surface area contributed by atoms with E-state index >= 15 is 0 Å². The number of likely N-dealkylation sites (N-methyl/N-ethyl adjacent to an activating group) is 2. The number of ether oxygens (including phenoxy) is 1. The Morgan fingerprint density at radius 1 is 1.39 bits per heavy atom. The molecule has 2 rings (SSSR count). The standard InChI is InChI=1S/C14H29N3O/c1-16-8-5-7-14(11-15,12-16)17(2)10-13-6-3-4-9-18-13/h13H,3-12,15H2,1-2H3. The number of hydrogen-bond acceptors (Lipinski definition) is 4. The van der Waals surface area contributed by atoms with Gasteiger partial charge >= 0.3 is 0 Å². The molecule has 0 aromatic heterocycles. The molecule has 18 heavy (non-hydrogen) atoms. The van der Waals surface area contributed by atoms with Crippen LogP contribution in [0.1, 0.15) is 32.1 Å². The highest BCUT2D eigenvalue weighted by atomic mass is 16.5. The molecule has 0 radical (unpaired) electrons. The molecule has 2 fully saturated rings. The topological polar surface area (TPSA) is 41.7 Å². The van der Waals surface area contributed by atoms with E-state index < -0.39 is 0 Å². The summed E-state index contributed by atoms with van der Waals surface area (Å²) < 4.78 is 5.86. The van der Waals surface area contributed by atoms with Crippen LogP contribution in [-0.4, -0.2) is 68.3 Å². The van der Waals surface area contributed by atoms with E-state index in [0.29, 0.717) is 6.10 Å². The quantitative estimate of drug-likeness (QED) is 0.811. The Balaban J connectivity index is 1.93. The summed E-state index contributed by atoms with van der Waals surface area (Å²) in [4.78, 5) is 4.88. The summed E-state index contributed by atoms with van der Waals surface area (Å²) in [5.41, 5.74) is 6.26. The molecule has 2 aliphatic rings. The molecule has 2 aliphatic heterocycles. The molecule has 0 amide bonds. The van der Waals surface area contributed by atoms with E-state index in [2.05, 4.69) is 23.9 Å². The van der Waals surface area contributed by atoms with Crippen LogP contribution in [0.2, 0.25) is 0 Å². The second kappa shape index (κ2) is 6.33. The van der Waals surface area contributed by atoms with E-state index in [1.807, 2.05) is 0 Å². The molecular formula is C14H29N3O. The summed E-state index contributed by atoms with van der Waals surface area (Å²) in [5.74, 6) is 0. The number of likely N-dealkylation sites (tertiary alicyclic amines) is 1. The molecule has 0 aromatic carbocycles. The zero-order chi connectivity index (χ0) is 13.0. The lowest BCUT2D eigenvalue weighted by atomic mass is 9.87. The Bertz CT molecular complexity index is 255. The second-order valence-corrected chi connectivity index (χ2v) is 6.14. The zero-order valence-electron chi connectivity index (χ0n) is 12.0. The molecule has 2 N–H and O–H groups in total. The molecule has 2 unspecified atom stereocenters. The van der Waals surface area contributed by atoms with Crippen LogP contribution in [0.4, 0.5) is 0 Å². The fourth-order valence-electron chi connectivity index (χ4n) is 3.42. The van der Waals surface area contributed by atoms with E-state index in [4.69, 9.17) is 10.5 Å². The van der Waals surface area contributed by atoms with Crippen molar-refractivity contribution in [3.63, 3.8) is 0 Å². The first-order valence-electron chi connectivity index (χ1n) is 7.38. The van der Waals surface area contributed by atoms with Crippen LogP contribution >= 0.6 is 0 Å². The average Bonchev–Trinajstić information content (AvgIpc) is 2.39. The number of hydrogen-bond donors (Lipinski definition) is 1. The Labute approximate surface area is 111 Å². The molecule has 2 saturated heterocycles. The molecule has 106 valence electrons. The third-order valence-corrected chi connectivity index (χ3v) is 4.69. The lowest BCUT2D eigenvalue weighted by Gasteiger charge is -2.48. The maximum atomic E-state index is 6.10. The van der Waals surface area contributed by atoms with Crippen LogP contribution in [0.3, 0.4) is 0 Å². The molecule has 0 bridgehead atoms. The summed E-state index contributed by atoms with van der Waals surface area (Å²) in [5, 5.41) is 0. The van der Waals surface area contributed by atoms with E-state index in [9.17, 15) is 0 Å². The van der Waals surface area contributed by atoms with Gasteiger partial charge in [0.2, 0.25) is 0 Å². The van der Waals surface area contributed by atoms with Gasteiger partial charge in [-0.05, 0) is 52.7 Å². The van der Waals surface area contributed by atoms with Crippen LogP contribution in [0.15, 0.2) is 0 Å². The zero-order valence-corrected chi connectivity index (χ0v) is 12.0. The minimum absolute atomic E-state index is 0.161. The number of nitrogens with two attached hydrogens (primary N) is 1. The fourth-order valence-corrected chi connectivity index (χ4v) is 3.42. The monoisotopic (exact) mass is 255 g/mol. The van der Waals surface area contributed by atoms with Crippen molar-refractivity contribution in [2.24, 2.45) is 5.73 Å². The highest BCUT2D eigenvalue weighted by Crippen LogP contribution is 2.26. The Hall–Kier alpha value is -0.160. The van der Waals surface area contributed by atoms with Crippen molar-refractivity contribution in [3.05, 3.63) is 0 Å². The van der Waals surface area contributed by atoms with E-state index in [-0.39, 0.29) is 5.54 Å². The minimum atomic E-state index is 0.161. The lowest BCUT2D eigenvalue weighted by molar-refractivity contribution is -0.0364. The first-order valence-corrected chi connectivity index (χ1v) is 7.38. The Kier molecular flexibility index (Phi) is 5.01. The van der Waals surface area contributed by atoms with Crippen LogP contribution in [0.5, 0.6) is 0 Å². The van der Waals surface area contributed by atoms with Gasteiger partial charge < -0.3 is 15.4 Å². The third-order valence-electron chi connectivity index (χ3n) is 4.69. The maximum absolute atomic E-state index is 6.10. The van der Waals surface area contributed by atoms with Crippen molar-refractivity contribution in [2.45, 2.75) is 43.7 Å². The Morgan fingerprint density at radius 3 is 2.83 bits per heavy atom. The largest absolute Gasteiger partial charge is 0.377 e. The molecule has 0 aromatic rings. The molecule has 0 spiro atoms. The van der Waals surface area contributed by atoms with Crippen molar-refractivity contribution in [2.75, 3.05) is 46.9 Å². The Morgan fingerprint density at radius 2 is 2.22 bits per heavy atom. The van der Waals surface area contributed by atoms with E-state index in [0.717, 1.165) is 26.2 Å². The second-order valence-electron chi connectivity index (χ2n) is 6.14. The molecule has 4 nitrogen and oxygen atoms in total. The van der Waals surface area contributed by atoms with Crippen molar-refractivity contribution < 1.29 is 4.74 Å². The summed E-state index contributed by atoms with van der Waals surface area (Å²) in [6.45, 7) is 5.02. The maximum Gasteiger partial charge on any atom is 0.0702 e. The lowest BCUT2D eigenvalue weighted by Crippen LogP contribution is -2.62. The van der Waals surface area contributed by atoms with Crippen molar-refractivity contribution in [1.29, 1.82) is 0 Å². The van der Waals surface area contributed by atoms with E-state index in [1.54, 1.807) is 0 Å². The summed E-state index contributed by atoms with van der Waals surface area (Å²) in [6, 6.07) is 0. The summed E-state index contributed by atoms with van der Waals surface area (Å²) >= 11 is 0. The highest BCUT2D eigenvalue weighted by Gasteiger charge is 2.37. The van der Waals surface area contributed by atoms with Crippen molar-refractivity contribution >= 4 is 0 Å². The van der Waals surface area contributed by atoms with Crippen LogP contribution in [0.25, 0.3) is 0 Å². The van der Waals surface area contributed by atoms with Crippen molar-refractivity contribution in [3.8, 4) is 0 Å². The smallest absolute Gasteiger partial charge is 0.0702 e. The van der Waals surface area contributed by atoms with Gasteiger partial charge in [-0.3, -0.25) is 4.90 Å². The van der Waals surface area contributed by atoms with Gasteiger partial charge in [-0.2, -0.15) is 0 Å². The summed E-state index contributed by atoms with van der Waals surface area (Å²) in [7, 11) is 4.43. The van der Waals surface area contributed by atoms with E-state index in [1.165, 1.54) is 38.6 Å². The van der Waals surface area contributed by atoms with Crippen molar-refractivity contribution in [1.82, 2.24) is 9.80 Å². The molecule has 0 saturated carbocycles. The van der Waals surface area contributed by atoms with Gasteiger partial charge in [0.1, 0.15) is 0 Å². The molecule has 2 atom stereocenters. The highest BCUT2D eigenvalue weighted by molar-refractivity contribution is 4.96. The number of rotatable bonds is 4. The van der Waals surface area contributed by atoms with Crippen LogP contribution < -0.4 is 5.73 Å². The normalized spacial score (nSPS) is 35.0. The van der Waals surface area contributed by atoms with Gasteiger partial charge in [0.25, 0.3) is 0 Å². The van der Waals surface area contributed by atoms with Gasteiger partial charge in [-0.25, -0.2) is 0 Å². The minimum Gasteiger partial charge on any atom is -0.377 e. The SMILES string of the molecule is CN1CCCC(CN)(N(C)CC2CCCCO2)C1. The third kappa shape index (κ3) is 3.23. The van der Waals surface area contributed by atoms with Gasteiger partial charge in [0.05, 0.1) is 6.10 Å². The first kappa shape index (κ1) is 14.3. The molecule has 4 heteroatoms. The number of piperidine rings is 1. The van der Waals surface area contributed by atoms with Gasteiger partial charge in [0.15, 0.2) is 0 Å². The van der Waals surface area contributed by atoms with Gasteiger partial charge in [0, 0.05) is 31.8 Å². The summed E-state index contributed by atoms with van der Waals surface area (Å²) in [6.07, 6.45) is 6.64. The van der Waals surface area contributed by atoms with Crippen LogP contribution in [-0.2, 0) is 4.74 Å². The number of nitrogens with zero attached hydrogens (tertiary/aromatic N) is 2.